The molecule has 0 unspecified atom stereocenters. The van der Waals surface area contributed by atoms with E-state index < -0.39 is 5.97 Å². The zero-order valence-corrected chi connectivity index (χ0v) is 12.1. The van der Waals surface area contributed by atoms with Crippen LogP contribution in [0.5, 0.6) is 0 Å². The number of nitrogens with zero attached hydrogens (tertiary/aromatic N) is 1. The first kappa shape index (κ1) is 13.2. The molecule has 1 aromatic carbocycles. The molecule has 18 heavy (non-hydrogen) atoms. The van der Waals surface area contributed by atoms with Crippen molar-refractivity contribution in [3.05, 3.63) is 26.7 Å². The molecule has 0 aliphatic carbocycles. The lowest BCUT2D eigenvalue weighted by atomic mass is 9.97. The summed E-state index contributed by atoms with van der Waals surface area (Å²) in [5.41, 5.74) is 1.68. The number of hydrogen-bond acceptors (Lipinski definition) is 4. The molecule has 94 valence electrons. The molecule has 1 heterocycles. The van der Waals surface area contributed by atoms with E-state index in [9.17, 15) is 9.59 Å². The van der Waals surface area contributed by atoms with E-state index in [0.717, 1.165) is 0 Å². The molecule has 1 aromatic rings. The number of aliphatic imine (C=N–C) groups is 1. The monoisotopic (exact) mass is 329 g/mol. The van der Waals surface area contributed by atoms with Crippen LogP contribution >= 0.6 is 27.5 Å². The van der Waals surface area contributed by atoms with Crippen LogP contribution < -0.4 is 0 Å². The number of carbonyl (C=O) groups is 2. The van der Waals surface area contributed by atoms with Gasteiger partial charge in [0.2, 0.25) is 0 Å². The number of hydrogen-bond donors (Lipinski definition) is 0. The Kier molecular flexibility index (Phi) is 3.54. The average Bonchev–Trinajstić information content (AvgIpc) is 2.36. The van der Waals surface area contributed by atoms with E-state index >= 15 is 0 Å². The van der Waals surface area contributed by atoms with Gasteiger partial charge in [-0.15, -0.1) is 0 Å². The van der Waals surface area contributed by atoms with Crippen molar-refractivity contribution < 1.29 is 14.3 Å². The second kappa shape index (κ2) is 4.82. The number of rotatable bonds is 1. The van der Waals surface area contributed by atoms with Crippen LogP contribution in [-0.2, 0) is 9.53 Å². The first-order chi connectivity index (χ1) is 8.45. The molecule has 4 nitrogen and oxygen atoms in total. The first-order valence-corrected chi connectivity index (χ1v) is 6.30. The van der Waals surface area contributed by atoms with Crippen molar-refractivity contribution in [2.45, 2.75) is 13.3 Å². The molecule has 0 saturated heterocycles. The number of carbonyl (C=O) groups excluding carboxylic acids is 2. The number of benzene rings is 1. The molecule has 0 aromatic heterocycles. The van der Waals surface area contributed by atoms with Gasteiger partial charge in [-0.2, -0.15) is 0 Å². The number of esters is 1. The van der Waals surface area contributed by atoms with E-state index in [1.54, 1.807) is 13.0 Å². The number of fused-ring (bicyclic) bond motifs is 1. The minimum Gasteiger partial charge on any atom is -0.465 e. The number of ketones is 1. The first-order valence-electron chi connectivity index (χ1n) is 5.13. The number of Topliss-reactive ketones (excluding diaryl/α,β-unsaturated/α-hetero) is 1. The van der Waals surface area contributed by atoms with Crippen molar-refractivity contribution in [3.8, 4) is 0 Å². The lowest BCUT2D eigenvalue weighted by molar-refractivity contribution is -0.132. The topological polar surface area (TPSA) is 55.7 Å². The highest BCUT2D eigenvalue weighted by Crippen LogP contribution is 2.38. The van der Waals surface area contributed by atoms with E-state index in [1.807, 2.05) is 0 Å². The maximum absolute atomic E-state index is 12.0. The Hall–Kier alpha value is -1.20. The molecule has 1 aliphatic heterocycles. The standard InChI is InChI=1S/C12H9BrClNO3/c1-5-10(14)7(13)3-6-9(16)4-8(12(17)18-2)15-11(5)6/h3H,4H2,1-2H3. The quantitative estimate of drug-likeness (QED) is 0.743. The van der Waals surface area contributed by atoms with Crippen LogP contribution in [0.15, 0.2) is 15.5 Å². The fraction of sp³-hybridized carbons (Fsp3) is 0.250. The predicted octanol–water partition coefficient (Wildman–Crippen LogP) is 3.24. The van der Waals surface area contributed by atoms with Crippen molar-refractivity contribution in [1.82, 2.24) is 0 Å². The lowest BCUT2D eigenvalue weighted by Gasteiger charge is -2.16. The molecule has 0 saturated carbocycles. The highest BCUT2D eigenvalue weighted by molar-refractivity contribution is 9.10. The molecule has 0 atom stereocenters. The second-order valence-electron chi connectivity index (χ2n) is 3.84. The van der Waals surface area contributed by atoms with Gasteiger partial charge >= 0.3 is 5.97 Å². The third-order valence-electron chi connectivity index (χ3n) is 2.72. The molecule has 0 amide bonds. The summed E-state index contributed by atoms with van der Waals surface area (Å²) in [7, 11) is 1.26. The largest absolute Gasteiger partial charge is 0.465 e. The summed E-state index contributed by atoms with van der Waals surface area (Å²) in [4.78, 5) is 27.6. The van der Waals surface area contributed by atoms with E-state index in [1.165, 1.54) is 7.11 Å². The molecular formula is C12H9BrClNO3. The van der Waals surface area contributed by atoms with Crippen LogP contribution in [0.4, 0.5) is 5.69 Å². The zero-order valence-electron chi connectivity index (χ0n) is 9.71. The van der Waals surface area contributed by atoms with Gasteiger partial charge in [0.05, 0.1) is 24.2 Å². The third-order valence-corrected chi connectivity index (χ3v) is 4.06. The minimum absolute atomic E-state index is 0.0484. The minimum atomic E-state index is -0.590. The van der Waals surface area contributed by atoms with Crippen molar-refractivity contribution in [2.75, 3.05) is 7.11 Å². The molecule has 0 N–H and O–H groups in total. The van der Waals surface area contributed by atoms with Gasteiger partial charge in [0, 0.05) is 10.0 Å². The number of halogens is 2. The Morgan fingerprint density at radius 2 is 2.22 bits per heavy atom. The Balaban J connectivity index is 2.66. The Labute approximate surface area is 117 Å². The Morgan fingerprint density at radius 1 is 1.56 bits per heavy atom. The fourth-order valence-corrected chi connectivity index (χ4v) is 2.43. The predicted molar refractivity (Wildman–Crippen MR) is 71.9 cm³/mol. The summed E-state index contributed by atoms with van der Waals surface area (Å²) in [6, 6.07) is 1.63. The fourth-order valence-electron chi connectivity index (χ4n) is 1.76. The van der Waals surface area contributed by atoms with Gasteiger partial charge in [0.15, 0.2) is 5.78 Å². The van der Waals surface area contributed by atoms with E-state index in [0.29, 0.717) is 26.3 Å². The van der Waals surface area contributed by atoms with Crippen LogP contribution in [0.3, 0.4) is 0 Å². The summed E-state index contributed by atoms with van der Waals surface area (Å²) < 4.78 is 5.23. The lowest BCUT2D eigenvalue weighted by Crippen LogP contribution is -2.23. The van der Waals surface area contributed by atoms with E-state index in [4.69, 9.17) is 11.6 Å². The van der Waals surface area contributed by atoms with E-state index in [-0.39, 0.29) is 17.9 Å². The molecule has 0 fully saturated rings. The smallest absolute Gasteiger partial charge is 0.352 e. The highest BCUT2D eigenvalue weighted by Gasteiger charge is 2.27. The van der Waals surface area contributed by atoms with Gasteiger partial charge in [0.1, 0.15) is 5.71 Å². The molecular weight excluding hydrogens is 321 g/mol. The summed E-state index contributed by atoms with van der Waals surface area (Å²) in [5, 5.41) is 0.483. The molecule has 2 rings (SSSR count). The number of ether oxygens (including phenoxy) is 1. The average molecular weight is 331 g/mol. The van der Waals surface area contributed by atoms with Crippen LogP contribution in [-0.4, -0.2) is 24.6 Å². The molecule has 0 spiro atoms. The summed E-state index contributed by atoms with van der Waals surface area (Å²) >= 11 is 9.37. The zero-order chi connectivity index (χ0) is 13.4. The second-order valence-corrected chi connectivity index (χ2v) is 5.08. The van der Waals surface area contributed by atoms with Crippen molar-refractivity contribution >= 4 is 50.7 Å². The third kappa shape index (κ3) is 2.08. The maximum atomic E-state index is 12.0. The van der Waals surface area contributed by atoms with Crippen LogP contribution in [0.2, 0.25) is 5.02 Å². The Bertz CT molecular complexity index is 595. The molecule has 0 bridgehead atoms. The van der Waals surface area contributed by atoms with Crippen molar-refractivity contribution in [2.24, 2.45) is 4.99 Å². The molecule has 6 heteroatoms. The summed E-state index contributed by atoms with van der Waals surface area (Å²) in [6.45, 7) is 1.75. The highest BCUT2D eigenvalue weighted by atomic mass is 79.9. The molecule has 1 aliphatic rings. The van der Waals surface area contributed by atoms with Crippen LogP contribution in [0, 0.1) is 6.92 Å². The SMILES string of the molecule is COC(=O)C1=Nc2c(cc(Br)c(Cl)c2C)C(=O)C1. The van der Waals surface area contributed by atoms with Crippen LogP contribution in [0.25, 0.3) is 0 Å². The van der Waals surface area contributed by atoms with Crippen molar-refractivity contribution in [3.63, 3.8) is 0 Å². The molecule has 0 radical (unpaired) electrons. The van der Waals surface area contributed by atoms with Gasteiger partial charge in [-0.3, -0.25) is 4.79 Å². The van der Waals surface area contributed by atoms with Gasteiger partial charge in [-0.25, -0.2) is 9.79 Å². The van der Waals surface area contributed by atoms with Gasteiger partial charge < -0.3 is 4.74 Å². The van der Waals surface area contributed by atoms with Gasteiger partial charge in [-0.1, -0.05) is 11.6 Å². The van der Waals surface area contributed by atoms with Crippen molar-refractivity contribution in [1.29, 1.82) is 0 Å². The number of methoxy groups -OCH3 is 1. The van der Waals surface area contributed by atoms with Crippen LogP contribution in [0.1, 0.15) is 22.3 Å². The summed E-state index contributed by atoms with van der Waals surface area (Å²) in [5.74, 6) is -0.756. The Morgan fingerprint density at radius 3 is 2.83 bits per heavy atom. The normalized spacial score (nSPS) is 14.0. The van der Waals surface area contributed by atoms with Gasteiger partial charge in [-0.05, 0) is 34.5 Å². The van der Waals surface area contributed by atoms with E-state index in [2.05, 4.69) is 25.7 Å². The van der Waals surface area contributed by atoms with Gasteiger partial charge in [0.25, 0.3) is 0 Å². The maximum Gasteiger partial charge on any atom is 0.352 e. The summed E-state index contributed by atoms with van der Waals surface area (Å²) in [6.07, 6.45) is -0.0484.